The summed E-state index contributed by atoms with van der Waals surface area (Å²) in [4.78, 5) is 11.0. The van der Waals surface area contributed by atoms with Crippen molar-refractivity contribution in [1.29, 1.82) is 0 Å². The summed E-state index contributed by atoms with van der Waals surface area (Å²) in [6, 6.07) is 12.6. The topological polar surface area (TPSA) is 52.6 Å². The third-order valence-corrected chi connectivity index (χ3v) is 3.98. The number of anilines is 1. The molecule has 2 N–H and O–H groups in total. The molecule has 5 nitrogen and oxygen atoms in total. The fourth-order valence-corrected chi connectivity index (χ4v) is 2.57. The quantitative estimate of drug-likeness (QED) is 0.601. The van der Waals surface area contributed by atoms with E-state index in [1.54, 1.807) is 0 Å². The molecule has 1 aromatic heterocycles. The largest absolute Gasteiger partial charge is 0.363 e. The van der Waals surface area contributed by atoms with Crippen molar-refractivity contribution in [2.45, 2.75) is 33.4 Å². The standard InChI is InChI=1S/C20H29N5/c1-5-17-9-7-8-10-18(17)15-24-20(21-6-2)23-14-16-11-12-22-19(13-16)25(3)4/h7-13H,5-6,14-15H2,1-4H3,(H2,21,23,24). The number of aryl methyl sites for hydroxylation is 1. The molecule has 0 atom stereocenters. The molecule has 0 saturated carbocycles. The lowest BCUT2D eigenvalue weighted by Crippen LogP contribution is -2.37. The van der Waals surface area contributed by atoms with Crippen molar-refractivity contribution in [2.75, 3.05) is 25.5 Å². The summed E-state index contributed by atoms with van der Waals surface area (Å²) in [6.45, 7) is 6.49. The molecule has 0 aliphatic carbocycles. The number of benzene rings is 1. The van der Waals surface area contributed by atoms with Crippen LogP contribution in [0.2, 0.25) is 0 Å². The minimum absolute atomic E-state index is 0.619. The summed E-state index contributed by atoms with van der Waals surface area (Å²) in [6.07, 6.45) is 2.87. The van der Waals surface area contributed by atoms with Crippen molar-refractivity contribution >= 4 is 11.8 Å². The van der Waals surface area contributed by atoms with Gasteiger partial charge in [0.15, 0.2) is 5.96 Å². The molecule has 0 amide bonds. The molecule has 0 fully saturated rings. The number of aromatic nitrogens is 1. The number of nitrogens with one attached hydrogen (secondary N) is 2. The molecule has 0 unspecified atom stereocenters. The van der Waals surface area contributed by atoms with Crippen molar-refractivity contribution in [3.05, 3.63) is 59.3 Å². The van der Waals surface area contributed by atoms with Crippen LogP contribution in [0.25, 0.3) is 0 Å². The molecule has 1 aromatic carbocycles. The van der Waals surface area contributed by atoms with Gasteiger partial charge in [-0.2, -0.15) is 0 Å². The number of pyridine rings is 1. The van der Waals surface area contributed by atoms with Crippen LogP contribution >= 0.6 is 0 Å². The second kappa shape index (κ2) is 9.67. The number of aliphatic imine (C=N–C) groups is 1. The number of guanidine groups is 1. The lowest BCUT2D eigenvalue weighted by atomic mass is 10.1. The van der Waals surface area contributed by atoms with Gasteiger partial charge in [0.2, 0.25) is 0 Å². The molecule has 25 heavy (non-hydrogen) atoms. The van der Waals surface area contributed by atoms with Gasteiger partial charge in [-0.15, -0.1) is 0 Å². The Labute approximate surface area is 151 Å². The average molecular weight is 339 g/mol. The molecule has 0 radical (unpaired) electrons. The molecule has 0 saturated heterocycles. The first kappa shape index (κ1) is 18.8. The smallest absolute Gasteiger partial charge is 0.191 e. The third-order valence-electron chi connectivity index (χ3n) is 3.98. The normalized spacial score (nSPS) is 11.3. The van der Waals surface area contributed by atoms with Gasteiger partial charge in [-0.3, -0.25) is 0 Å². The van der Waals surface area contributed by atoms with Crippen LogP contribution in [0.1, 0.15) is 30.5 Å². The Hall–Kier alpha value is -2.56. The average Bonchev–Trinajstić information content (AvgIpc) is 2.64. The Balaban J connectivity index is 2.04. The maximum absolute atomic E-state index is 4.70. The highest BCUT2D eigenvalue weighted by Crippen LogP contribution is 2.11. The van der Waals surface area contributed by atoms with Gasteiger partial charge in [0, 0.05) is 33.4 Å². The Morgan fingerprint density at radius 2 is 1.84 bits per heavy atom. The van der Waals surface area contributed by atoms with Crippen LogP contribution in [0.15, 0.2) is 47.6 Å². The predicted molar refractivity (Wildman–Crippen MR) is 106 cm³/mol. The summed E-state index contributed by atoms with van der Waals surface area (Å²) in [5.74, 6) is 1.78. The van der Waals surface area contributed by atoms with E-state index in [1.807, 2.05) is 31.3 Å². The van der Waals surface area contributed by atoms with Crippen LogP contribution in [-0.4, -0.2) is 31.6 Å². The molecule has 2 rings (SSSR count). The molecule has 0 aliphatic rings. The summed E-state index contributed by atoms with van der Waals surface area (Å²) < 4.78 is 0. The zero-order valence-electron chi connectivity index (χ0n) is 15.7. The fraction of sp³-hybridized carbons (Fsp3) is 0.400. The Morgan fingerprint density at radius 1 is 1.08 bits per heavy atom. The number of hydrogen-bond donors (Lipinski definition) is 2. The third kappa shape index (κ3) is 5.78. The van der Waals surface area contributed by atoms with Crippen molar-refractivity contribution in [3.8, 4) is 0 Å². The van der Waals surface area contributed by atoms with Crippen molar-refractivity contribution in [2.24, 2.45) is 4.99 Å². The lowest BCUT2D eigenvalue weighted by molar-refractivity contribution is 0.808. The van der Waals surface area contributed by atoms with E-state index >= 15 is 0 Å². The summed E-state index contributed by atoms with van der Waals surface area (Å²) in [7, 11) is 3.98. The molecule has 0 bridgehead atoms. The first-order chi connectivity index (χ1) is 12.1. The first-order valence-corrected chi connectivity index (χ1v) is 8.85. The van der Waals surface area contributed by atoms with Crippen molar-refractivity contribution in [3.63, 3.8) is 0 Å². The SMILES string of the molecule is CCNC(=NCc1ccnc(N(C)C)c1)NCc1ccccc1CC. The van der Waals surface area contributed by atoms with E-state index in [-0.39, 0.29) is 0 Å². The monoisotopic (exact) mass is 339 g/mol. The predicted octanol–water partition coefficient (Wildman–Crippen LogP) is 2.97. The van der Waals surface area contributed by atoms with Gasteiger partial charge >= 0.3 is 0 Å². The molecular weight excluding hydrogens is 310 g/mol. The summed E-state index contributed by atoms with van der Waals surface area (Å²) in [5.41, 5.74) is 3.83. The Bertz CT molecular complexity index is 694. The van der Waals surface area contributed by atoms with Gasteiger partial charge in [-0.1, -0.05) is 31.2 Å². The van der Waals surface area contributed by atoms with Gasteiger partial charge in [-0.25, -0.2) is 9.98 Å². The molecule has 5 heteroatoms. The molecule has 2 aromatic rings. The highest BCUT2D eigenvalue weighted by molar-refractivity contribution is 5.79. The number of nitrogens with zero attached hydrogens (tertiary/aromatic N) is 3. The lowest BCUT2D eigenvalue weighted by Gasteiger charge is -2.14. The minimum atomic E-state index is 0.619. The molecule has 0 spiro atoms. The van der Waals surface area contributed by atoms with Crippen LogP contribution < -0.4 is 15.5 Å². The number of rotatable bonds is 7. The van der Waals surface area contributed by atoms with E-state index in [0.717, 1.165) is 36.9 Å². The molecule has 134 valence electrons. The maximum Gasteiger partial charge on any atom is 0.191 e. The van der Waals surface area contributed by atoms with E-state index in [2.05, 4.69) is 59.8 Å². The first-order valence-electron chi connectivity index (χ1n) is 8.85. The molecule has 0 aliphatic heterocycles. The van der Waals surface area contributed by atoms with Gasteiger partial charge in [0.1, 0.15) is 5.82 Å². The molecule has 1 heterocycles. The second-order valence-corrected chi connectivity index (χ2v) is 6.09. The van der Waals surface area contributed by atoms with E-state index < -0.39 is 0 Å². The number of hydrogen-bond acceptors (Lipinski definition) is 3. The van der Waals surface area contributed by atoms with E-state index in [4.69, 9.17) is 4.99 Å². The van der Waals surface area contributed by atoms with E-state index in [9.17, 15) is 0 Å². The Kier molecular flexibility index (Phi) is 7.26. The van der Waals surface area contributed by atoms with Gasteiger partial charge in [0.05, 0.1) is 6.54 Å². The maximum atomic E-state index is 4.70. The summed E-state index contributed by atoms with van der Waals surface area (Å²) >= 11 is 0. The highest BCUT2D eigenvalue weighted by Gasteiger charge is 2.03. The zero-order chi connectivity index (χ0) is 18.1. The second-order valence-electron chi connectivity index (χ2n) is 6.09. The van der Waals surface area contributed by atoms with Crippen molar-refractivity contribution < 1.29 is 0 Å². The van der Waals surface area contributed by atoms with Gasteiger partial charge < -0.3 is 15.5 Å². The van der Waals surface area contributed by atoms with Crippen LogP contribution in [0, 0.1) is 0 Å². The van der Waals surface area contributed by atoms with Crippen LogP contribution in [0.5, 0.6) is 0 Å². The highest BCUT2D eigenvalue weighted by atomic mass is 15.2. The van der Waals surface area contributed by atoms with Gasteiger partial charge in [-0.05, 0) is 42.2 Å². The van der Waals surface area contributed by atoms with Crippen LogP contribution in [0.3, 0.4) is 0 Å². The van der Waals surface area contributed by atoms with E-state index in [0.29, 0.717) is 6.54 Å². The van der Waals surface area contributed by atoms with E-state index in [1.165, 1.54) is 11.1 Å². The fourth-order valence-electron chi connectivity index (χ4n) is 2.57. The Morgan fingerprint density at radius 3 is 2.52 bits per heavy atom. The van der Waals surface area contributed by atoms with Crippen LogP contribution in [0.4, 0.5) is 5.82 Å². The molecular formula is C20H29N5. The van der Waals surface area contributed by atoms with Crippen LogP contribution in [-0.2, 0) is 19.5 Å². The van der Waals surface area contributed by atoms with Crippen molar-refractivity contribution in [1.82, 2.24) is 15.6 Å². The summed E-state index contributed by atoms with van der Waals surface area (Å²) in [5, 5.41) is 6.74. The zero-order valence-corrected chi connectivity index (χ0v) is 15.7. The minimum Gasteiger partial charge on any atom is -0.363 e. The van der Waals surface area contributed by atoms with Gasteiger partial charge in [0.25, 0.3) is 0 Å².